The predicted molar refractivity (Wildman–Crippen MR) is 109 cm³/mol. The second-order valence-electron chi connectivity index (χ2n) is 7.37. The molecule has 0 spiro atoms. The number of ether oxygens (including phenoxy) is 3. The lowest BCUT2D eigenvalue weighted by Crippen LogP contribution is -2.19. The highest BCUT2D eigenvalue weighted by atomic mass is 16.5. The van der Waals surface area contributed by atoms with Gasteiger partial charge in [0.25, 0.3) is 0 Å². The van der Waals surface area contributed by atoms with Gasteiger partial charge in [0.15, 0.2) is 11.5 Å². The third kappa shape index (κ3) is 3.69. The van der Waals surface area contributed by atoms with Crippen LogP contribution in [0.3, 0.4) is 0 Å². The van der Waals surface area contributed by atoms with Crippen LogP contribution in [-0.2, 0) is 6.42 Å². The molecule has 1 aromatic heterocycles. The molecular formula is C21H26N4O3. The molecule has 1 fully saturated rings. The van der Waals surface area contributed by atoms with Crippen molar-refractivity contribution in [1.29, 1.82) is 0 Å². The Morgan fingerprint density at radius 2 is 1.96 bits per heavy atom. The highest BCUT2D eigenvalue weighted by Gasteiger charge is 2.27. The van der Waals surface area contributed by atoms with Gasteiger partial charge in [0.05, 0.1) is 14.2 Å². The van der Waals surface area contributed by atoms with E-state index in [0.717, 1.165) is 34.8 Å². The molecule has 0 saturated heterocycles. The van der Waals surface area contributed by atoms with Gasteiger partial charge in [-0.2, -0.15) is 4.98 Å². The summed E-state index contributed by atoms with van der Waals surface area (Å²) in [5, 5.41) is 0. The first-order chi connectivity index (χ1) is 13.6. The number of nitrogen functional groups attached to an aromatic ring is 2. The van der Waals surface area contributed by atoms with Gasteiger partial charge < -0.3 is 25.7 Å². The minimum absolute atomic E-state index is 0.0480. The van der Waals surface area contributed by atoms with E-state index in [4.69, 9.17) is 25.7 Å². The molecule has 2 aromatic rings. The van der Waals surface area contributed by atoms with Crippen LogP contribution in [0.2, 0.25) is 0 Å². The molecule has 0 amide bonds. The zero-order chi connectivity index (χ0) is 19.7. The van der Waals surface area contributed by atoms with Crippen molar-refractivity contribution in [2.75, 3.05) is 25.7 Å². The van der Waals surface area contributed by atoms with Crippen molar-refractivity contribution in [1.82, 2.24) is 9.97 Å². The number of aromatic nitrogens is 2. The van der Waals surface area contributed by atoms with Gasteiger partial charge in [-0.25, -0.2) is 4.98 Å². The Hall–Kier alpha value is -2.96. The average Bonchev–Trinajstić information content (AvgIpc) is 3.52. The number of nitrogens with two attached hydrogens (primary N) is 2. The van der Waals surface area contributed by atoms with E-state index in [0.29, 0.717) is 23.7 Å². The monoisotopic (exact) mass is 382 g/mol. The Labute approximate surface area is 164 Å². The summed E-state index contributed by atoms with van der Waals surface area (Å²) in [6.07, 6.45) is 11.4. The van der Waals surface area contributed by atoms with Gasteiger partial charge in [-0.3, -0.25) is 0 Å². The molecule has 148 valence electrons. The first kappa shape index (κ1) is 18.4. The molecule has 1 atom stereocenters. The van der Waals surface area contributed by atoms with Crippen molar-refractivity contribution in [3.63, 3.8) is 0 Å². The molecular weight excluding hydrogens is 356 g/mol. The summed E-state index contributed by atoms with van der Waals surface area (Å²) in [7, 11) is 3.25. The zero-order valence-corrected chi connectivity index (χ0v) is 16.3. The fourth-order valence-corrected chi connectivity index (χ4v) is 3.60. The van der Waals surface area contributed by atoms with Crippen LogP contribution in [0, 0.1) is 5.92 Å². The summed E-state index contributed by atoms with van der Waals surface area (Å²) < 4.78 is 17.5. The molecule has 1 aliphatic carbocycles. The molecule has 0 radical (unpaired) electrons. The number of hydrogen-bond donors (Lipinski definition) is 2. The van der Waals surface area contributed by atoms with Gasteiger partial charge in [-0.05, 0) is 36.5 Å². The molecule has 2 aliphatic rings. The minimum Gasteiger partial charge on any atom is -0.493 e. The fraction of sp³-hybridized carbons (Fsp3) is 0.429. The van der Waals surface area contributed by atoms with Gasteiger partial charge >= 0.3 is 0 Å². The zero-order valence-electron chi connectivity index (χ0n) is 16.3. The summed E-state index contributed by atoms with van der Waals surface area (Å²) >= 11 is 0. The fourth-order valence-electron chi connectivity index (χ4n) is 3.60. The van der Waals surface area contributed by atoms with Gasteiger partial charge in [0, 0.05) is 23.7 Å². The van der Waals surface area contributed by atoms with E-state index in [9.17, 15) is 0 Å². The molecule has 4 rings (SSSR count). The SMILES string of the molecule is COc1cc(Cc2cnc(N)nc2N)c2c(c1OC)OC(CCC1CC1)C=C2. The molecule has 7 nitrogen and oxygen atoms in total. The number of anilines is 2. The van der Waals surface area contributed by atoms with Crippen LogP contribution in [0.5, 0.6) is 17.2 Å². The van der Waals surface area contributed by atoms with E-state index in [1.165, 1.54) is 19.3 Å². The smallest absolute Gasteiger partial charge is 0.221 e. The van der Waals surface area contributed by atoms with E-state index in [1.807, 2.05) is 6.07 Å². The second-order valence-corrected chi connectivity index (χ2v) is 7.37. The molecule has 0 bridgehead atoms. The molecule has 7 heteroatoms. The third-order valence-electron chi connectivity index (χ3n) is 5.35. The topological polar surface area (TPSA) is 106 Å². The van der Waals surface area contributed by atoms with Crippen molar-refractivity contribution >= 4 is 17.8 Å². The van der Waals surface area contributed by atoms with Gasteiger partial charge in [0.2, 0.25) is 11.7 Å². The van der Waals surface area contributed by atoms with Gasteiger partial charge in [-0.1, -0.05) is 18.9 Å². The maximum atomic E-state index is 6.33. The van der Waals surface area contributed by atoms with Crippen LogP contribution in [0.15, 0.2) is 18.3 Å². The van der Waals surface area contributed by atoms with Crippen LogP contribution in [0.4, 0.5) is 11.8 Å². The lowest BCUT2D eigenvalue weighted by molar-refractivity contribution is 0.215. The van der Waals surface area contributed by atoms with Gasteiger partial charge in [-0.15, -0.1) is 0 Å². The maximum absolute atomic E-state index is 6.33. The van der Waals surface area contributed by atoms with Crippen LogP contribution in [0.1, 0.15) is 42.4 Å². The summed E-state index contributed by atoms with van der Waals surface area (Å²) in [6.45, 7) is 0. The number of fused-ring (bicyclic) bond motifs is 1. The average molecular weight is 382 g/mol. The van der Waals surface area contributed by atoms with Crippen molar-refractivity contribution in [2.24, 2.45) is 5.92 Å². The van der Waals surface area contributed by atoms with Crippen molar-refractivity contribution in [3.05, 3.63) is 35.0 Å². The molecule has 2 heterocycles. The lowest BCUT2D eigenvalue weighted by Gasteiger charge is -2.26. The van der Waals surface area contributed by atoms with Crippen LogP contribution in [0.25, 0.3) is 6.08 Å². The minimum atomic E-state index is 0.0480. The van der Waals surface area contributed by atoms with E-state index >= 15 is 0 Å². The number of nitrogens with zero attached hydrogens (tertiary/aromatic N) is 2. The largest absolute Gasteiger partial charge is 0.493 e. The third-order valence-corrected chi connectivity index (χ3v) is 5.35. The molecule has 4 N–H and O–H groups in total. The normalized spacial score (nSPS) is 17.7. The Morgan fingerprint density at radius 1 is 1.14 bits per heavy atom. The predicted octanol–water partition coefficient (Wildman–Crippen LogP) is 3.21. The quantitative estimate of drug-likeness (QED) is 0.757. The Kier molecular flexibility index (Phi) is 4.98. The summed E-state index contributed by atoms with van der Waals surface area (Å²) in [5.74, 6) is 3.37. The highest BCUT2D eigenvalue weighted by molar-refractivity contribution is 5.72. The summed E-state index contributed by atoms with van der Waals surface area (Å²) in [6, 6.07) is 1.95. The molecule has 1 saturated carbocycles. The first-order valence-electron chi connectivity index (χ1n) is 9.58. The van der Waals surface area contributed by atoms with E-state index in [1.54, 1.807) is 20.4 Å². The summed E-state index contributed by atoms with van der Waals surface area (Å²) in [5.41, 5.74) is 14.4. The molecule has 1 unspecified atom stereocenters. The van der Waals surface area contributed by atoms with Crippen molar-refractivity contribution in [3.8, 4) is 17.2 Å². The maximum Gasteiger partial charge on any atom is 0.221 e. The highest BCUT2D eigenvalue weighted by Crippen LogP contribution is 2.46. The molecule has 1 aromatic carbocycles. The standard InChI is InChI=1S/C21H26N4O3/c1-26-17-10-13(9-14-11-24-21(23)25-20(14)22)16-8-7-15(6-5-12-3-4-12)28-18(16)19(17)27-2/h7-8,10-12,15H,3-6,9H2,1-2H3,(H4,22,23,24,25). The van der Waals surface area contributed by atoms with Crippen LogP contribution >= 0.6 is 0 Å². The van der Waals surface area contributed by atoms with Crippen LogP contribution < -0.4 is 25.7 Å². The number of hydrogen-bond acceptors (Lipinski definition) is 7. The van der Waals surface area contributed by atoms with Crippen molar-refractivity contribution in [2.45, 2.75) is 38.2 Å². The van der Waals surface area contributed by atoms with Crippen LogP contribution in [-0.4, -0.2) is 30.3 Å². The summed E-state index contributed by atoms with van der Waals surface area (Å²) in [4.78, 5) is 8.12. The Balaban J connectivity index is 1.68. The Morgan fingerprint density at radius 3 is 2.64 bits per heavy atom. The Bertz CT molecular complexity index is 909. The van der Waals surface area contributed by atoms with Gasteiger partial charge in [0.1, 0.15) is 11.9 Å². The number of rotatable bonds is 7. The van der Waals surface area contributed by atoms with E-state index < -0.39 is 0 Å². The van der Waals surface area contributed by atoms with E-state index in [-0.39, 0.29) is 12.1 Å². The van der Waals surface area contributed by atoms with E-state index in [2.05, 4.69) is 22.1 Å². The molecule has 28 heavy (non-hydrogen) atoms. The first-order valence-corrected chi connectivity index (χ1v) is 9.58. The van der Waals surface area contributed by atoms with Crippen molar-refractivity contribution < 1.29 is 14.2 Å². The number of benzene rings is 1. The lowest BCUT2D eigenvalue weighted by atomic mass is 9.95. The number of methoxy groups -OCH3 is 2. The second kappa shape index (κ2) is 7.58. The molecule has 1 aliphatic heterocycles.